The number of aromatic carboxylic acids is 1. The van der Waals surface area contributed by atoms with E-state index in [1.807, 2.05) is 30.3 Å². The zero-order chi connectivity index (χ0) is 28.1. The molecule has 1 atom stereocenters. The number of hydrogen-bond acceptors (Lipinski definition) is 5. The van der Waals surface area contributed by atoms with Gasteiger partial charge in [-0.2, -0.15) is 0 Å². The van der Waals surface area contributed by atoms with Crippen molar-refractivity contribution in [3.05, 3.63) is 116 Å². The van der Waals surface area contributed by atoms with Gasteiger partial charge < -0.3 is 15.7 Å². The van der Waals surface area contributed by atoms with Gasteiger partial charge in [0.2, 0.25) is 5.91 Å². The highest BCUT2D eigenvalue weighted by Gasteiger charge is 2.29. The van der Waals surface area contributed by atoms with Crippen LogP contribution in [-0.4, -0.2) is 27.9 Å². The first kappa shape index (κ1) is 28.7. The zero-order valence-electron chi connectivity index (χ0n) is 19.6. The smallest absolute Gasteiger partial charge is 0.338 e. The molecule has 2 amide bonds. The van der Waals surface area contributed by atoms with E-state index in [2.05, 4.69) is 15.6 Å². The summed E-state index contributed by atoms with van der Waals surface area (Å²) in [6.07, 6.45) is 3.16. The van der Waals surface area contributed by atoms with Crippen molar-refractivity contribution in [2.75, 3.05) is 10.6 Å². The summed E-state index contributed by atoms with van der Waals surface area (Å²) in [5.74, 6) is -2.61. The molecule has 3 aromatic carbocycles. The van der Waals surface area contributed by atoms with Gasteiger partial charge in [-0.15, -0.1) is 11.8 Å². The summed E-state index contributed by atoms with van der Waals surface area (Å²) in [6, 6.07) is 19.3. The van der Waals surface area contributed by atoms with Gasteiger partial charge in [-0.25, -0.2) is 4.79 Å². The molecule has 0 aliphatic rings. The van der Waals surface area contributed by atoms with E-state index in [9.17, 15) is 19.5 Å². The summed E-state index contributed by atoms with van der Waals surface area (Å²) in [5, 5.41) is 13.3. The van der Waals surface area contributed by atoms with Gasteiger partial charge in [-0.1, -0.05) is 82.8 Å². The number of carbonyl (C=O) groups is 3. The number of hydrogen-bond donors (Lipinski definition) is 3. The summed E-state index contributed by atoms with van der Waals surface area (Å²) in [6.45, 7) is 0. The Kier molecular flexibility index (Phi) is 9.37. The molecule has 0 aliphatic carbocycles. The molecule has 1 unspecified atom stereocenters. The number of amides is 2. The summed E-state index contributed by atoms with van der Waals surface area (Å²) in [4.78, 5) is 42.9. The minimum atomic E-state index is -1.50. The van der Waals surface area contributed by atoms with Crippen LogP contribution in [0.5, 0.6) is 0 Å². The van der Waals surface area contributed by atoms with Crippen LogP contribution < -0.4 is 10.6 Å². The fourth-order valence-electron chi connectivity index (χ4n) is 3.57. The van der Waals surface area contributed by atoms with Gasteiger partial charge >= 0.3 is 5.97 Å². The fourth-order valence-corrected chi connectivity index (χ4v) is 5.67. The van der Waals surface area contributed by atoms with Crippen molar-refractivity contribution in [1.29, 1.82) is 0 Å². The van der Waals surface area contributed by atoms with E-state index in [-0.39, 0.29) is 21.0 Å². The number of nitrogens with zero attached hydrogens (tertiary/aromatic N) is 1. The molecule has 0 saturated heterocycles. The SMILES string of the molecule is O=C(O)c1c(Cl)c(Cl)c(Cl)c(Cl)c1C(=O)Nc1cccc(SC(C(=O)Nc2ccncc2)c2ccccc2)c1. The Hall–Kier alpha value is -3.27. The Bertz CT molecular complexity index is 1560. The second kappa shape index (κ2) is 12.7. The molecule has 1 heterocycles. The molecule has 0 radical (unpaired) electrons. The minimum absolute atomic E-state index is 0.242. The number of nitrogens with one attached hydrogen (secondary N) is 2. The number of aromatic nitrogens is 1. The van der Waals surface area contributed by atoms with Crippen LogP contribution in [0.3, 0.4) is 0 Å². The van der Waals surface area contributed by atoms with Crippen LogP contribution in [0.1, 0.15) is 31.5 Å². The van der Waals surface area contributed by atoms with Crippen molar-refractivity contribution >= 4 is 87.3 Å². The van der Waals surface area contributed by atoms with Crippen molar-refractivity contribution in [2.24, 2.45) is 0 Å². The quantitative estimate of drug-likeness (QED) is 0.104. The number of anilines is 2. The van der Waals surface area contributed by atoms with Gasteiger partial charge in [0.15, 0.2) is 0 Å². The standard InChI is InChI=1S/C27H17Cl4N3O4S/c28-20-18(19(27(37)38)21(29)23(31)22(20)30)25(35)34-16-7-4-8-17(13-16)39-24(14-5-2-1-3-6-14)26(36)33-15-9-11-32-12-10-15/h1-13,24H,(H,34,35)(H,37,38)(H,32,33,36). The van der Waals surface area contributed by atoms with Crippen LogP contribution in [0.4, 0.5) is 11.4 Å². The molecule has 12 heteroatoms. The van der Waals surface area contributed by atoms with Crippen LogP contribution in [0.25, 0.3) is 0 Å². The van der Waals surface area contributed by atoms with Gasteiger partial charge in [0.1, 0.15) is 5.25 Å². The third-order valence-corrected chi connectivity index (χ3v) is 8.39. The predicted molar refractivity (Wildman–Crippen MR) is 156 cm³/mol. The van der Waals surface area contributed by atoms with Crippen LogP contribution in [0.15, 0.2) is 84.0 Å². The van der Waals surface area contributed by atoms with Crippen LogP contribution in [-0.2, 0) is 4.79 Å². The third kappa shape index (κ3) is 6.66. The normalized spacial score (nSPS) is 11.5. The summed E-state index contributed by atoms with van der Waals surface area (Å²) >= 11 is 25.6. The molecule has 1 aromatic heterocycles. The van der Waals surface area contributed by atoms with Crippen LogP contribution >= 0.6 is 58.2 Å². The van der Waals surface area contributed by atoms with Gasteiger partial charge in [0.05, 0.1) is 31.2 Å². The van der Waals surface area contributed by atoms with Gasteiger partial charge in [-0.05, 0) is 35.9 Å². The van der Waals surface area contributed by atoms with E-state index >= 15 is 0 Å². The van der Waals surface area contributed by atoms with E-state index in [0.717, 1.165) is 5.56 Å². The van der Waals surface area contributed by atoms with E-state index < -0.39 is 33.3 Å². The topological polar surface area (TPSA) is 108 Å². The van der Waals surface area contributed by atoms with E-state index in [1.54, 1.807) is 48.8 Å². The largest absolute Gasteiger partial charge is 0.478 e. The van der Waals surface area contributed by atoms with E-state index in [1.165, 1.54) is 11.8 Å². The Morgan fingerprint density at radius 2 is 1.38 bits per heavy atom. The summed E-state index contributed by atoms with van der Waals surface area (Å²) in [5.41, 5.74) is 0.688. The van der Waals surface area contributed by atoms with Crippen molar-refractivity contribution in [1.82, 2.24) is 4.98 Å². The lowest BCUT2D eigenvalue weighted by Gasteiger charge is -2.18. The van der Waals surface area contributed by atoms with E-state index in [0.29, 0.717) is 16.3 Å². The molecule has 0 saturated carbocycles. The van der Waals surface area contributed by atoms with Crippen molar-refractivity contribution < 1.29 is 19.5 Å². The first-order valence-electron chi connectivity index (χ1n) is 11.1. The number of rotatable bonds is 8. The molecule has 39 heavy (non-hydrogen) atoms. The fraction of sp³-hybridized carbons (Fsp3) is 0.0370. The maximum absolute atomic E-state index is 13.3. The molecule has 0 fully saturated rings. The average molecular weight is 621 g/mol. The highest BCUT2D eigenvalue weighted by atomic mass is 35.5. The minimum Gasteiger partial charge on any atom is -0.478 e. The zero-order valence-corrected chi connectivity index (χ0v) is 23.5. The van der Waals surface area contributed by atoms with Crippen LogP contribution in [0, 0.1) is 0 Å². The number of benzene rings is 3. The Labute approximate surface area is 247 Å². The van der Waals surface area contributed by atoms with Crippen molar-refractivity contribution in [3.63, 3.8) is 0 Å². The molecule has 0 bridgehead atoms. The molecule has 7 nitrogen and oxygen atoms in total. The maximum Gasteiger partial charge on any atom is 0.338 e. The molecule has 0 spiro atoms. The number of carbonyl (C=O) groups excluding carboxylic acids is 2. The molecule has 0 aliphatic heterocycles. The monoisotopic (exact) mass is 619 g/mol. The van der Waals surface area contributed by atoms with Crippen molar-refractivity contribution in [2.45, 2.75) is 10.1 Å². The Morgan fingerprint density at radius 3 is 2.03 bits per heavy atom. The molecule has 198 valence electrons. The van der Waals surface area contributed by atoms with Crippen LogP contribution in [0.2, 0.25) is 20.1 Å². The molecule has 3 N–H and O–H groups in total. The second-order valence-electron chi connectivity index (χ2n) is 7.93. The van der Waals surface area contributed by atoms with Crippen molar-refractivity contribution in [3.8, 4) is 0 Å². The van der Waals surface area contributed by atoms with Gasteiger partial charge in [0, 0.05) is 28.7 Å². The second-order valence-corrected chi connectivity index (χ2v) is 10.6. The number of thioether (sulfide) groups is 1. The number of pyridine rings is 1. The average Bonchev–Trinajstić information content (AvgIpc) is 2.93. The first-order chi connectivity index (χ1) is 18.7. The third-order valence-electron chi connectivity index (χ3n) is 5.34. The molecular formula is C27H17Cl4N3O4S. The molecule has 4 aromatic rings. The van der Waals surface area contributed by atoms with E-state index in [4.69, 9.17) is 46.4 Å². The molecule has 4 rings (SSSR count). The summed E-state index contributed by atoms with van der Waals surface area (Å²) in [7, 11) is 0. The summed E-state index contributed by atoms with van der Waals surface area (Å²) < 4.78 is 0. The number of carboxylic acid groups (broad SMARTS) is 1. The highest BCUT2D eigenvalue weighted by Crippen LogP contribution is 2.42. The van der Waals surface area contributed by atoms with Gasteiger partial charge in [0.25, 0.3) is 5.91 Å². The molecular weight excluding hydrogens is 604 g/mol. The maximum atomic E-state index is 13.3. The Balaban J connectivity index is 1.62. The van der Waals surface area contributed by atoms with Gasteiger partial charge in [-0.3, -0.25) is 14.6 Å². The number of carboxylic acids is 1. The number of halogens is 4. The highest BCUT2D eigenvalue weighted by molar-refractivity contribution is 8.00. The predicted octanol–water partition coefficient (Wildman–Crippen LogP) is 8.12. The lowest BCUT2D eigenvalue weighted by molar-refractivity contribution is -0.115. The Morgan fingerprint density at radius 1 is 0.744 bits per heavy atom. The first-order valence-corrected chi connectivity index (χ1v) is 13.5. The lowest BCUT2D eigenvalue weighted by Crippen LogP contribution is -2.19. The lowest BCUT2D eigenvalue weighted by atomic mass is 10.1.